The van der Waals surface area contributed by atoms with Crippen molar-refractivity contribution < 1.29 is 0 Å². The van der Waals surface area contributed by atoms with E-state index in [2.05, 4.69) is 73.4 Å². The van der Waals surface area contributed by atoms with Crippen LogP contribution in [0.4, 0.5) is 5.69 Å². The van der Waals surface area contributed by atoms with Crippen LogP contribution in [0.5, 0.6) is 0 Å². The van der Waals surface area contributed by atoms with Gasteiger partial charge < -0.3 is 11.1 Å². The third kappa shape index (κ3) is 3.19. The molecule has 0 aromatic heterocycles. The van der Waals surface area contributed by atoms with Gasteiger partial charge in [0.15, 0.2) is 0 Å². The molecule has 0 bridgehead atoms. The van der Waals surface area contributed by atoms with Crippen LogP contribution in [0.15, 0.2) is 78.9 Å². The summed E-state index contributed by atoms with van der Waals surface area (Å²) in [5, 5.41) is 3.49. The van der Waals surface area contributed by atoms with Gasteiger partial charge in [0.25, 0.3) is 0 Å². The van der Waals surface area contributed by atoms with Crippen molar-refractivity contribution >= 4 is 11.3 Å². The molecule has 1 aliphatic rings. The number of para-hydroxylation sites is 1. The molecular formula is C22H24N2. The van der Waals surface area contributed by atoms with Crippen molar-refractivity contribution in [2.24, 2.45) is 5.73 Å². The van der Waals surface area contributed by atoms with E-state index in [-0.39, 0.29) is 6.17 Å². The predicted molar refractivity (Wildman–Crippen MR) is 104 cm³/mol. The number of nitrogens with one attached hydrogen (secondary N) is 1. The molecule has 0 aliphatic carbocycles. The zero-order valence-electron chi connectivity index (χ0n) is 14.1. The Hall–Kier alpha value is -2.58. The second-order valence-corrected chi connectivity index (χ2v) is 6.00. The molecule has 0 amide bonds. The van der Waals surface area contributed by atoms with Crippen molar-refractivity contribution in [3.63, 3.8) is 0 Å². The van der Waals surface area contributed by atoms with Crippen LogP contribution in [-0.2, 0) is 6.42 Å². The van der Waals surface area contributed by atoms with Crippen molar-refractivity contribution in [1.82, 2.24) is 0 Å². The molecule has 1 heterocycles. The molecule has 24 heavy (non-hydrogen) atoms. The lowest BCUT2D eigenvalue weighted by molar-refractivity contribution is 0.896. The van der Waals surface area contributed by atoms with Crippen LogP contribution < -0.4 is 11.1 Å². The summed E-state index contributed by atoms with van der Waals surface area (Å²) in [5.41, 5.74) is 13.7. The molecule has 0 saturated carbocycles. The lowest BCUT2D eigenvalue weighted by Gasteiger charge is -2.22. The summed E-state index contributed by atoms with van der Waals surface area (Å²) in [6.07, 6.45) is 7.66. The van der Waals surface area contributed by atoms with Gasteiger partial charge in [-0.05, 0) is 40.3 Å². The molecule has 1 aliphatic heterocycles. The second-order valence-electron chi connectivity index (χ2n) is 6.00. The van der Waals surface area contributed by atoms with E-state index in [4.69, 9.17) is 5.73 Å². The average Bonchev–Trinajstić information content (AvgIpc) is 2.64. The summed E-state index contributed by atoms with van der Waals surface area (Å²) in [6, 6.07) is 16.9. The van der Waals surface area contributed by atoms with E-state index < -0.39 is 0 Å². The highest BCUT2D eigenvalue weighted by atomic mass is 15.0. The summed E-state index contributed by atoms with van der Waals surface area (Å²) >= 11 is 0. The largest absolute Gasteiger partial charge is 0.366 e. The van der Waals surface area contributed by atoms with E-state index in [0.717, 1.165) is 29.7 Å². The average molecular weight is 316 g/mol. The SMILES string of the molecule is C=C/C=C1\C(=C/CC)C(N)Nc2ccccc2Cc2ccccc21. The van der Waals surface area contributed by atoms with Crippen molar-refractivity contribution in [3.05, 3.63) is 95.6 Å². The molecule has 2 aromatic carbocycles. The van der Waals surface area contributed by atoms with E-state index in [9.17, 15) is 0 Å². The Bertz CT molecular complexity index is 799. The van der Waals surface area contributed by atoms with Crippen LogP contribution in [0.3, 0.4) is 0 Å². The van der Waals surface area contributed by atoms with Gasteiger partial charge in [0, 0.05) is 12.1 Å². The van der Waals surface area contributed by atoms with Gasteiger partial charge >= 0.3 is 0 Å². The van der Waals surface area contributed by atoms with Gasteiger partial charge in [0.2, 0.25) is 0 Å². The maximum atomic E-state index is 6.54. The lowest BCUT2D eigenvalue weighted by atomic mass is 9.89. The minimum absolute atomic E-state index is 0.261. The van der Waals surface area contributed by atoms with Crippen molar-refractivity contribution in [1.29, 1.82) is 0 Å². The molecule has 3 N–H and O–H groups in total. The molecule has 2 aromatic rings. The Morgan fingerprint density at radius 3 is 2.58 bits per heavy atom. The monoisotopic (exact) mass is 316 g/mol. The number of fused-ring (bicyclic) bond motifs is 2. The van der Waals surface area contributed by atoms with Crippen LogP contribution in [0.1, 0.15) is 30.0 Å². The molecule has 0 spiro atoms. The quantitative estimate of drug-likeness (QED) is 0.827. The van der Waals surface area contributed by atoms with Gasteiger partial charge in [-0.1, -0.05) is 74.2 Å². The van der Waals surface area contributed by atoms with Crippen molar-refractivity contribution in [2.75, 3.05) is 5.32 Å². The Morgan fingerprint density at radius 1 is 1.12 bits per heavy atom. The van der Waals surface area contributed by atoms with E-state index >= 15 is 0 Å². The fourth-order valence-electron chi connectivity index (χ4n) is 3.29. The fourth-order valence-corrected chi connectivity index (χ4v) is 3.29. The van der Waals surface area contributed by atoms with Gasteiger partial charge in [-0.15, -0.1) is 0 Å². The molecule has 2 heteroatoms. The van der Waals surface area contributed by atoms with Crippen LogP contribution in [0, 0.1) is 0 Å². The molecule has 0 radical (unpaired) electrons. The van der Waals surface area contributed by atoms with Gasteiger partial charge in [0.1, 0.15) is 6.17 Å². The molecule has 1 unspecified atom stereocenters. The minimum atomic E-state index is -0.261. The maximum absolute atomic E-state index is 6.54. The smallest absolute Gasteiger partial charge is 0.101 e. The highest BCUT2D eigenvalue weighted by Gasteiger charge is 2.20. The first kappa shape index (κ1) is 16.3. The van der Waals surface area contributed by atoms with Gasteiger partial charge in [-0.2, -0.15) is 0 Å². The van der Waals surface area contributed by atoms with Gasteiger partial charge in [-0.3, -0.25) is 0 Å². The number of hydrogen-bond acceptors (Lipinski definition) is 2. The third-order valence-corrected chi connectivity index (χ3v) is 4.37. The first-order chi connectivity index (χ1) is 11.7. The summed E-state index contributed by atoms with van der Waals surface area (Å²) in [5.74, 6) is 0. The molecule has 3 rings (SSSR count). The van der Waals surface area contributed by atoms with Crippen LogP contribution >= 0.6 is 0 Å². The number of allylic oxidation sites excluding steroid dienone is 3. The highest BCUT2D eigenvalue weighted by Crippen LogP contribution is 2.33. The highest BCUT2D eigenvalue weighted by molar-refractivity contribution is 5.84. The van der Waals surface area contributed by atoms with Crippen LogP contribution in [0.2, 0.25) is 0 Å². The number of hydrogen-bond donors (Lipinski definition) is 2. The Balaban J connectivity index is 2.26. The van der Waals surface area contributed by atoms with E-state index in [0.29, 0.717) is 0 Å². The molecular weight excluding hydrogens is 292 g/mol. The Kier molecular flexibility index (Phi) is 4.97. The minimum Gasteiger partial charge on any atom is -0.366 e. The summed E-state index contributed by atoms with van der Waals surface area (Å²) in [7, 11) is 0. The Labute approximate surface area is 144 Å². The molecule has 2 nitrogen and oxygen atoms in total. The maximum Gasteiger partial charge on any atom is 0.101 e. The number of nitrogens with two attached hydrogens (primary N) is 1. The van der Waals surface area contributed by atoms with Crippen molar-refractivity contribution in [3.8, 4) is 0 Å². The molecule has 1 atom stereocenters. The van der Waals surface area contributed by atoms with Crippen LogP contribution in [-0.4, -0.2) is 6.17 Å². The first-order valence-electron chi connectivity index (χ1n) is 8.46. The van der Waals surface area contributed by atoms with E-state index in [1.165, 1.54) is 16.7 Å². The topological polar surface area (TPSA) is 38.0 Å². The lowest BCUT2D eigenvalue weighted by Crippen LogP contribution is -2.32. The summed E-state index contributed by atoms with van der Waals surface area (Å²) < 4.78 is 0. The Morgan fingerprint density at radius 2 is 1.83 bits per heavy atom. The number of rotatable bonds is 2. The standard InChI is InChI=1S/C22H24N2/c1-3-9-19-18-13-7-5-11-16(18)15-17-12-6-8-14-21(17)24-22(23)20(19)10-4-2/h3,5-14,22,24H,1,4,15,23H2,2H3/b19-9-,20-10+. The molecule has 0 saturated heterocycles. The second kappa shape index (κ2) is 7.33. The molecule has 0 fully saturated rings. The normalized spacial score (nSPS) is 20.3. The third-order valence-electron chi connectivity index (χ3n) is 4.37. The van der Waals surface area contributed by atoms with Crippen molar-refractivity contribution in [2.45, 2.75) is 25.9 Å². The fraction of sp³-hybridized carbons (Fsp3) is 0.182. The van der Waals surface area contributed by atoms with Crippen LogP contribution in [0.25, 0.3) is 5.57 Å². The molecule has 122 valence electrons. The summed E-state index contributed by atoms with van der Waals surface area (Å²) in [4.78, 5) is 0. The first-order valence-corrected chi connectivity index (χ1v) is 8.46. The zero-order chi connectivity index (χ0) is 16.9. The van der Waals surface area contributed by atoms with E-state index in [1.807, 2.05) is 12.1 Å². The predicted octanol–water partition coefficient (Wildman–Crippen LogP) is 4.89. The van der Waals surface area contributed by atoms with Gasteiger partial charge in [0.05, 0.1) is 0 Å². The number of anilines is 1. The van der Waals surface area contributed by atoms with E-state index in [1.54, 1.807) is 0 Å². The zero-order valence-corrected chi connectivity index (χ0v) is 14.1. The van der Waals surface area contributed by atoms with Gasteiger partial charge in [-0.25, -0.2) is 0 Å². The summed E-state index contributed by atoms with van der Waals surface area (Å²) in [6.45, 7) is 6.04. The number of benzene rings is 2.